The lowest BCUT2D eigenvalue weighted by atomic mass is 9.84. The van der Waals surface area contributed by atoms with Crippen molar-refractivity contribution in [2.45, 2.75) is 12.3 Å². The fourth-order valence-corrected chi connectivity index (χ4v) is 10.0. The molecule has 0 aliphatic heterocycles. The molecule has 1 unspecified atom stereocenters. The molecule has 0 radical (unpaired) electrons. The highest BCUT2D eigenvalue weighted by atomic mass is 32.1. The lowest BCUT2D eigenvalue weighted by Crippen LogP contribution is -2.08. The number of allylic oxidation sites excluding steroid dienone is 1. The van der Waals surface area contributed by atoms with Gasteiger partial charge in [-0.3, -0.25) is 0 Å². The molecule has 0 saturated heterocycles. The minimum atomic E-state index is 0.109. The van der Waals surface area contributed by atoms with E-state index >= 15 is 0 Å². The average molecular weight is 760 g/mol. The monoisotopic (exact) mass is 759 g/mol. The Labute approximate surface area is 338 Å². The average Bonchev–Trinajstić information content (AvgIpc) is 3.86. The first-order chi connectivity index (χ1) is 28.7. The Morgan fingerprint density at radius 2 is 1.10 bits per heavy atom. The van der Waals surface area contributed by atoms with E-state index in [0.29, 0.717) is 17.5 Å². The Hall–Kier alpha value is -7.21. The highest BCUT2D eigenvalue weighted by Gasteiger charge is 2.27. The number of para-hydroxylation sites is 1. The highest BCUT2D eigenvalue weighted by molar-refractivity contribution is 7.19. The van der Waals surface area contributed by atoms with Gasteiger partial charge in [-0.05, 0) is 92.0 Å². The predicted octanol–water partition coefficient (Wildman–Crippen LogP) is 14.3. The zero-order valence-electron chi connectivity index (χ0n) is 31.3. The summed E-state index contributed by atoms with van der Waals surface area (Å²) >= 11 is 1.90. The van der Waals surface area contributed by atoms with Gasteiger partial charge in [-0.25, -0.2) is 15.0 Å². The summed E-state index contributed by atoms with van der Waals surface area (Å²) in [4.78, 5) is 17.5. The fraction of sp³-hybridized carbons (Fsp3) is 0.0377. The van der Waals surface area contributed by atoms with Gasteiger partial charge in [-0.2, -0.15) is 0 Å². The first kappa shape index (κ1) is 33.0. The molecular formula is C53H33N3OS. The molecule has 1 aliphatic rings. The van der Waals surface area contributed by atoms with Crippen LogP contribution in [0.15, 0.2) is 180 Å². The van der Waals surface area contributed by atoms with Crippen LogP contribution in [-0.4, -0.2) is 15.0 Å². The number of furan rings is 1. The molecule has 5 heteroatoms. The van der Waals surface area contributed by atoms with E-state index in [1.165, 1.54) is 42.6 Å². The van der Waals surface area contributed by atoms with E-state index < -0.39 is 0 Å². The van der Waals surface area contributed by atoms with Crippen LogP contribution in [-0.2, 0) is 6.42 Å². The molecule has 272 valence electrons. The van der Waals surface area contributed by atoms with Crippen LogP contribution in [0.25, 0.3) is 105 Å². The zero-order chi connectivity index (χ0) is 38.2. The van der Waals surface area contributed by atoms with Gasteiger partial charge in [0.05, 0.1) is 0 Å². The van der Waals surface area contributed by atoms with Crippen molar-refractivity contribution >= 4 is 71.0 Å². The van der Waals surface area contributed by atoms with E-state index in [9.17, 15) is 0 Å². The normalized spacial score (nSPS) is 13.9. The summed E-state index contributed by atoms with van der Waals surface area (Å²) in [5.74, 6) is 2.00. The Morgan fingerprint density at radius 3 is 1.91 bits per heavy atom. The molecular weight excluding hydrogens is 727 g/mol. The minimum absolute atomic E-state index is 0.109. The van der Waals surface area contributed by atoms with Crippen LogP contribution in [0, 0.1) is 0 Å². The second-order valence-corrected chi connectivity index (χ2v) is 16.3. The van der Waals surface area contributed by atoms with Crippen molar-refractivity contribution in [3.63, 3.8) is 0 Å². The molecule has 1 aliphatic carbocycles. The molecule has 11 aromatic rings. The van der Waals surface area contributed by atoms with Gasteiger partial charge in [-0.1, -0.05) is 146 Å². The quantitative estimate of drug-likeness (QED) is 0.175. The van der Waals surface area contributed by atoms with Gasteiger partial charge in [0, 0.05) is 43.0 Å². The first-order valence-corrected chi connectivity index (χ1v) is 20.5. The summed E-state index contributed by atoms with van der Waals surface area (Å²) in [7, 11) is 0. The summed E-state index contributed by atoms with van der Waals surface area (Å²) in [5.41, 5.74) is 9.41. The lowest BCUT2D eigenvalue weighted by molar-refractivity contribution is 0.668. The maximum Gasteiger partial charge on any atom is 0.165 e. The fourth-order valence-electron chi connectivity index (χ4n) is 8.80. The van der Waals surface area contributed by atoms with Crippen LogP contribution in [0.3, 0.4) is 0 Å². The number of hydrogen-bond donors (Lipinski definition) is 0. The molecule has 12 rings (SSSR count). The molecule has 0 fully saturated rings. The molecule has 0 saturated carbocycles. The van der Waals surface area contributed by atoms with Gasteiger partial charge in [0.15, 0.2) is 17.5 Å². The molecule has 0 bridgehead atoms. The van der Waals surface area contributed by atoms with Crippen LogP contribution in [0.2, 0.25) is 0 Å². The molecule has 1 atom stereocenters. The molecule has 0 amide bonds. The van der Waals surface area contributed by atoms with Crippen LogP contribution in [0.4, 0.5) is 0 Å². The minimum Gasteiger partial charge on any atom is -0.456 e. The lowest BCUT2D eigenvalue weighted by Gasteiger charge is -2.21. The number of nitrogens with zero attached hydrogens (tertiary/aromatic N) is 3. The van der Waals surface area contributed by atoms with E-state index in [1.807, 2.05) is 23.5 Å². The van der Waals surface area contributed by atoms with Gasteiger partial charge < -0.3 is 4.42 Å². The van der Waals surface area contributed by atoms with Crippen LogP contribution in [0.5, 0.6) is 0 Å². The third-order valence-electron chi connectivity index (χ3n) is 11.7. The maximum absolute atomic E-state index is 6.53. The second-order valence-electron chi connectivity index (χ2n) is 15.1. The summed E-state index contributed by atoms with van der Waals surface area (Å²) in [6.45, 7) is 0. The molecule has 0 N–H and O–H groups in total. The van der Waals surface area contributed by atoms with E-state index in [1.54, 1.807) is 0 Å². The van der Waals surface area contributed by atoms with Crippen molar-refractivity contribution in [2.24, 2.45) is 0 Å². The summed E-state index contributed by atoms with van der Waals surface area (Å²) < 4.78 is 7.86. The summed E-state index contributed by atoms with van der Waals surface area (Å²) in [5, 5.41) is 7.99. The Kier molecular flexibility index (Phi) is 7.50. The number of benzene rings is 8. The summed E-state index contributed by atoms with van der Waals surface area (Å²) in [6, 6.07) is 60.0. The maximum atomic E-state index is 6.53. The zero-order valence-corrected chi connectivity index (χ0v) is 32.1. The number of fused-ring (bicyclic) bond motifs is 8. The van der Waals surface area contributed by atoms with Crippen molar-refractivity contribution in [1.29, 1.82) is 0 Å². The van der Waals surface area contributed by atoms with Crippen molar-refractivity contribution in [3.05, 3.63) is 192 Å². The third kappa shape index (κ3) is 5.47. The van der Waals surface area contributed by atoms with E-state index in [-0.39, 0.29) is 5.92 Å². The Morgan fingerprint density at radius 1 is 0.483 bits per heavy atom. The number of rotatable bonds is 5. The molecule has 58 heavy (non-hydrogen) atoms. The molecule has 0 spiro atoms. The number of thiophene rings is 1. The van der Waals surface area contributed by atoms with E-state index in [4.69, 9.17) is 19.4 Å². The molecule has 4 nitrogen and oxygen atoms in total. The van der Waals surface area contributed by atoms with Crippen LogP contribution < -0.4 is 0 Å². The van der Waals surface area contributed by atoms with Gasteiger partial charge >= 0.3 is 0 Å². The van der Waals surface area contributed by atoms with Gasteiger partial charge in [-0.15, -0.1) is 11.3 Å². The van der Waals surface area contributed by atoms with Gasteiger partial charge in [0.25, 0.3) is 0 Å². The highest BCUT2D eigenvalue weighted by Crippen LogP contribution is 2.46. The van der Waals surface area contributed by atoms with Crippen molar-refractivity contribution in [2.75, 3.05) is 0 Å². The topological polar surface area (TPSA) is 51.8 Å². The first-order valence-electron chi connectivity index (χ1n) is 19.7. The second kappa shape index (κ2) is 13.2. The largest absolute Gasteiger partial charge is 0.456 e. The van der Waals surface area contributed by atoms with Crippen molar-refractivity contribution in [1.82, 2.24) is 15.0 Å². The van der Waals surface area contributed by atoms with Gasteiger partial charge in [0.2, 0.25) is 0 Å². The standard InChI is InChI=1S/C53H33N3OS/c1-2-10-32(11-3-1)35-19-20-37-30-40(23-21-36(37)28-35)52-54-51(39-22-18-33-12-4-5-13-34(33)29-39)55-53(56-52)50-41(26-27-46-49(50)44-15-6-8-16-45(44)57-46)38-24-25-43-42-14-7-9-17-47(42)58-48(43)31-38/h1-30,38H,31H2. The van der Waals surface area contributed by atoms with Crippen LogP contribution in [0.1, 0.15) is 21.9 Å². The smallest absolute Gasteiger partial charge is 0.165 e. The summed E-state index contributed by atoms with van der Waals surface area (Å²) in [6.07, 6.45) is 5.58. The third-order valence-corrected chi connectivity index (χ3v) is 12.9. The molecule has 3 aromatic heterocycles. The van der Waals surface area contributed by atoms with Gasteiger partial charge in [0.1, 0.15) is 11.2 Å². The van der Waals surface area contributed by atoms with E-state index in [2.05, 4.69) is 170 Å². The Balaban J connectivity index is 1.08. The number of aromatic nitrogens is 3. The van der Waals surface area contributed by atoms with Crippen molar-refractivity contribution in [3.8, 4) is 45.3 Å². The van der Waals surface area contributed by atoms with Crippen molar-refractivity contribution < 1.29 is 4.42 Å². The predicted molar refractivity (Wildman–Crippen MR) is 241 cm³/mol. The van der Waals surface area contributed by atoms with E-state index in [0.717, 1.165) is 61.2 Å². The Bertz CT molecular complexity index is 3450. The van der Waals surface area contributed by atoms with Crippen LogP contribution >= 0.6 is 11.3 Å². The SMILES string of the molecule is C1=CC(c2ccc3oc4ccccc4c3c2-c2nc(-c3ccc4ccccc4c3)nc(-c3ccc4cc(-c5ccccc5)ccc4c3)n2)Cc2sc3ccccc3c21. The molecule has 8 aromatic carbocycles. The molecule has 3 heterocycles. The number of hydrogen-bond acceptors (Lipinski definition) is 5.